The molecule has 0 spiro atoms. The third-order valence-electron chi connectivity index (χ3n) is 5.48. The molecule has 0 radical (unpaired) electrons. The summed E-state index contributed by atoms with van der Waals surface area (Å²) >= 11 is 7.82. The van der Waals surface area contributed by atoms with Gasteiger partial charge in [0.1, 0.15) is 10.8 Å². The Hall–Kier alpha value is -3.48. The van der Waals surface area contributed by atoms with Crippen LogP contribution in [-0.4, -0.2) is 29.8 Å². The lowest BCUT2D eigenvalue weighted by Crippen LogP contribution is -2.42. The Morgan fingerprint density at radius 2 is 1.91 bits per heavy atom. The summed E-state index contributed by atoms with van der Waals surface area (Å²) in [5.41, 5.74) is 4.67. The van der Waals surface area contributed by atoms with Crippen LogP contribution in [0.5, 0.6) is 5.75 Å². The van der Waals surface area contributed by atoms with E-state index in [0.29, 0.717) is 22.0 Å². The molecular weight excluding hydrogens is 456 g/mol. The maximum Gasteiger partial charge on any atom is 0.265 e. The molecule has 2 heterocycles. The molecule has 5 rings (SSSR count). The number of fused-ring (bicyclic) bond motifs is 1. The maximum absolute atomic E-state index is 12.9. The van der Waals surface area contributed by atoms with Gasteiger partial charge in [0.05, 0.1) is 22.9 Å². The number of ketones is 1. The molecule has 7 heteroatoms. The van der Waals surface area contributed by atoms with Gasteiger partial charge in [0, 0.05) is 22.1 Å². The molecule has 0 atom stereocenters. The number of ether oxygens (including phenoxy) is 1. The number of hydrogen-bond donors (Lipinski definition) is 0. The number of anilines is 1. The van der Waals surface area contributed by atoms with E-state index in [0.717, 1.165) is 27.4 Å². The van der Waals surface area contributed by atoms with Crippen LogP contribution in [0.15, 0.2) is 72.1 Å². The van der Waals surface area contributed by atoms with Gasteiger partial charge in [-0.05, 0) is 31.2 Å². The first-order chi connectivity index (χ1) is 16.0. The summed E-state index contributed by atoms with van der Waals surface area (Å²) in [5, 5.41) is 3.41. The highest BCUT2D eigenvalue weighted by molar-refractivity contribution is 7.13. The summed E-state index contributed by atoms with van der Waals surface area (Å²) in [6.07, 6.45) is 0. The zero-order valence-corrected chi connectivity index (χ0v) is 19.3. The average molecular weight is 475 g/mol. The normalized spacial score (nSPS) is 12.9. The number of thiazole rings is 1. The van der Waals surface area contributed by atoms with Crippen LogP contribution in [0, 0.1) is 6.92 Å². The van der Waals surface area contributed by atoms with Gasteiger partial charge in [-0.1, -0.05) is 59.6 Å². The first kappa shape index (κ1) is 21.4. The minimum atomic E-state index is -0.254. The van der Waals surface area contributed by atoms with Crippen LogP contribution in [0.3, 0.4) is 0 Å². The quantitative estimate of drug-likeness (QED) is 0.330. The van der Waals surface area contributed by atoms with Gasteiger partial charge in [-0.2, -0.15) is 0 Å². The van der Waals surface area contributed by atoms with Crippen molar-refractivity contribution in [2.24, 2.45) is 0 Å². The fourth-order valence-corrected chi connectivity index (χ4v) is 4.82. The van der Waals surface area contributed by atoms with Crippen molar-refractivity contribution >= 4 is 40.3 Å². The van der Waals surface area contributed by atoms with E-state index in [-0.39, 0.29) is 24.8 Å². The first-order valence-electron chi connectivity index (χ1n) is 10.4. The van der Waals surface area contributed by atoms with Crippen LogP contribution >= 0.6 is 22.9 Å². The van der Waals surface area contributed by atoms with Crippen molar-refractivity contribution < 1.29 is 14.3 Å². The maximum atomic E-state index is 12.9. The topological polar surface area (TPSA) is 59.5 Å². The second-order valence-electron chi connectivity index (χ2n) is 7.76. The summed E-state index contributed by atoms with van der Waals surface area (Å²) in [7, 11) is 0. The Morgan fingerprint density at radius 1 is 1.12 bits per heavy atom. The van der Waals surface area contributed by atoms with Gasteiger partial charge in [0.2, 0.25) is 0 Å². The van der Waals surface area contributed by atoms with E-state index in [1.807, 2.05) is 66.9 Å². The lowest BCUT2D eigenvalue weighted by Gasteiger charge is -2.29. The van der Waals surface area contributed by atoms with Gasteiger partial charge in [-0.25, -0.2) is 4.98 Å². The highest BCUT2D eigenvalue weighted by Crippen LogP contribution is 2.38. The van der Waals surface area contributed by atoms with Crippen LogP contribution in [0.4, 0.5) is 5.69 Å². The number of Topliss-reactive ketones (excluding diaryl/α,β-unsaturated/α-hetero) is 1. The van der Waals surface area contributed by atoms with Crippen molar-refractivity contribution in [1.82, 2.24) is 4.98 Å². The first-order valence-corrected chi connectivity index (χ1v) is 11.6. The molecule has 0 saturated carbocycles. The zero-order chi connectivity index (χ0) is 22.9. The molecule has 5 nitrogen and oxygen atoms in total. The van der Waals surface area contributed by atoms with Crippen LogP contribution in [0.2, 0.25) is 5.02 Å². The highest BCUT2D eigenvalue weighted by Gasteiger charge is 2.28. The molecule has 0 bridgehead atoms. The molecule has 3 aromatic carbocycles. The smallest absolute Gasteiger partial charge is 0.265 e. The molecule has 1 aliphatic rings. The molecule has 0 aliphatic carbocycles. The molecule has 1 amide bonds. The Balaban J connectivity index is 1.46. The van der Waals surface area contributed by atoms with E-state index in [2.05, 4.69) is 0 Å². The van der Waals surface area contributed by atoms with Gasteiger partial charge >= 0.3 is 0 Å². The van der Waals surface area contributed by atoms with Gasteiger partial charge in [-0.3, -0.25) is 14.5 Å². The third-order valence-corrected chi connectivity index (χ3v) is 6.69. The summed E-state index contributed by atoms with van der Waals surface area (Å²) in [6.45, 7) is 1.82. The summed E-state index contributed by atoms with van der Waals surface area (Å²) in [6, 6.07) is 20.5. The van der Waals surface area contributed by atoms with Gasteiger partial charge in [-0.15, -0.1) is 11.3 Å². The largest absolute Gasteiger partial charge is 0.482 e. The molecule has 4 aromatic rings. The average Bonchev–Trinajstić information content (AvgIpc) is 3.31. The highest BCUT2D eigenvalue weighted by atomic mass is 35.5. The molecule has 33 heavy (non-hydrogen) atoms. The SMILES string of the molecule is Cc1ccc(C(=O)CN2C(=O)COc3ccc(-c4csc(-c5ccccc5Cl)n4)cc32)cc1. The molecular formula is C26H19ClN2O3S. The number of carbonyl (C=O) groups is 2. The van der Waals surface area contributed by atoms with Crippen molar-refractivity contribution in [2.45, 2.75) is 6.92 Å². The second-order valence-corrected chi connectivity index (χ2v) is 9.02. The molecule has 0 fully saturated rings. The summed E-state index contributed by atoms with van der Waals surface area (Å²) in [5.74, 6) is 0.183. The lowest BCUT2D eigenvalue weighted by atomic mass is 10.1. The molecule has 1 aliphatic heterocycles. The Bertz CT molecular complexity index is 1360. The number of amides is 1. The van der Waals surface area contributed by atoms with Crippen LogP contribution in [0.1, 0.15) is 15.9 Å². The monoisotopic (exact) mass is 474 g/mol. The number of rotatable bonds is 5. The zero-order valence-electron chi connectivity index (χ0n) is 17.7. The van der Waals surface area contributed by atoms with Crippen LogP contribution in [-0.2, 0) is 4.79 Å². The molecule has 1 aromatic heterocycles. The molecule has 0 unspecified atom stereocenters. The van der Waals surface area contributed by atoms with E-state index < -0.39 is 0 Å². The van der Waals surface area contributed by atoms with Crippen molar-refractivity contribution in [3.05, 3.63) is 88.3 Å². The van der Waals surface area contributed by atoms with E-state index in [1.54, 1.807) is 12.1 Å². The second kappa shape index (κ2) is 8.81. The number of aryl methyl sites for hydroxylation is 1. The van der Waals surface area contributed by atoms with E-state index >= 15 is 0 Å². The predicted molar refractivity (Wildman–Crippen MR) is 131 cm³/mol. The fourth-order valence-electron chi connectivity index (χ4n) is 3.67. The molecule has 0 N–H and O–H groups in total. The predicted octanol–water partition coefficient (Wildman–Crippen LogP) is 6.05. The minimum Gasteiger partial charge on any atom is -0.482 e. The van der Waals surface area contributed by atoms with E-state index in [9.17, 15) is 9.59 Å². The van der Waals surface area contributed by atoms with Crippen molar-refractivity contribution in [1.29, 1.82) is 0 Å². The van der Waals surface area contributed by atoms with E-state index in [4.69, 9.17) is 21.3 Å². The summed E-state index contributed by atoms with van der Waals surface area (Å²) in [4.78, 5) is 31.8. The standard InChI is InChI=1S/C26H19ClN2O3S/c1-16-6-8-17(9-7-16)23(30)13-29-22-12-18(10-11-24(22)32-14-25(29)31)21-15-33-26(28-21)19-4-2-3-5-20(19)27/h2-12,15H,13-14H2,1H3. The third kappa shape index (κ3) is 4.27. The molecule has 164 valence electrons. The molecule has 0 saturated heterocycles. The number of halogens is 1. The van der Waals surface area contributed by atoms with Crippen molar-refractivity contribution in [2.75, 3.05) is 18.1 Å². The van der Waals surface area contributed by atoms with Crippen LogP contribution < -0.4 is 9.64 Å². The number of benzene rings is 3. The minimum absolute atomic E-state index is 0.0519. The van der Waals surface area contributed by atoms with Gasteiger partial charge in [0.15, 0.2) is 12.4 Å². The van der Waals surface area contributed by atoms with E-state index in [1.165, 1.54) is 16.2 Å². The Labute approximate surface area is 200 Å². The van der Waals surface area contributed by atoms with Crippen molar-refractivity contribution in [3.8, 4) is 27.6 Å². The fraction of sp³-hybridized carbons (Fsp3) is 0.115. The number of aromatic nitrogens is 1. The number of hydrogen-bond acceptors (Lipinski definition) is 5. The Morgan fingerprint density at radius 3 is 2.70 bits per heavy atom. The lowest BCUT2D eigenvalue weighted by molar-refractivity contribution is -0.121. The Kier molecular flexibility index (Phi) is 5.70. The van der Waals surface area contributed by atoms with Crippen molar-refractivity contribution in [3.63, 3.8) is 0 Å². The van der Waals surface area contributed by atoms with Gasteiger partial charge < -0.3 is 4.74 Å². The van der Waals surface area contributed by atoms with Crippen LogP contribution in [0.25, 0.3) is 21.8 Å². The number of carbonyl (C=O) groups excluding carboxylic acids is 2. The van der Waals surface area contributed by atoms with Gasteiger partial charge in [0.25, 0.3) is 5.91 Å². The summed E-state index contributed by atoms with van der Waals surface area (Å²) < 4.78 is 5.61. The number of nitrogens with zero attached hydrogens (tertiary/aromatic N) is 2.